The minimum Gasteiger partial charge on any atom is -0.479 e. The summed E-state index contributed by atoms with van der Waals surface area (Å²) in [6, 6.07) is 7.51. The maximum absolute atomic E-state index is 9.44. The Bertz CT molecular complexity index is 416. The minimum absolute atomic E-state index is 0.481. The molecule has 0 radical (unpaired) electrons. The minimum atomic E-state index is -0.872. The van der Waals surface area contributed by atoms with Gasteiger partial charge in [0, 0.05) is 0 Å². The van der Waals surface area contributed by atoms with E-state index in [0.29, 0.717) is 10.6 Å². The van der Waals surface area contributed by atoms with Crippen LogP contribution in [0.4, 0.5) is 0 Å². The van der Waals surface area contributed by atoms with Crippen molar-refractivity contribution < 1.29 is 15.4 Å². The number of hydroxylamine groups is 2. The zero-order chi connectivity index (χ0) is 10.8. The van der Waals surface area contributed by atoms with Gasteiger partial charge in [0.25, 0.3) is 0 Å². The Morgan fingerprint density at radius 3 is 2.47 bits per heavy atom. The molecule has 0 saturated carbocycles. The lowest BCUT2D eigenvalue weighted by molar-refractivity contribution is -0.0720. The van der Waals surface area contributed by atoms with E-state index in [-0.39, 0.29) is 0 Å². The Labute approximate surface area is 85.4 Å². The summed E-state index contributed by atoms with van der Waals surface area (Å²) in [6.45, 7) is 0. The molecule has 15 heavy (non-hydrogen) atoms. The third-order valence-electron chi connectivity index (χ3n) is 1.97. The monoisotopic (exact) mass is 207 g/mol. The van der Waals surface area contributed by atoms with E-state index in [9.17, 15) is 5.21 Å². The van der Waals surface area contributed by atoms with Crippen LogP contribution < -0.4 is 0 Å². The lowest BCUT2D eigenvalue weighted by Gasteiger charge is -2.24. The van der Waals surface area contributed by atoms with Gasteiger partial charge in [-0.15, -0.1) is 4.99 Å². The highest BCUT2D eigenvalue weighted by atomic mass is 16.5. The molecule has 2 rings (SSSR count). The van der Waals surface area contributed by atoms with Gasteiger partial charge in [-0.25, -0.2) is 4.99 Å². The smallest absolute Gasteiger partial charge is 0.321 e. The quantitative estimate of drug-likeness (QED) is 0.645. The average molecular weight is 207 g/mol. The van der Waals surface area contributed by atoms with Gasteiger partial charge in [0.1, 0.15) is 0 Å². The first kappa shape index (κ1) is 9.47. The average Bonchev–Trinajstić information content (AvgIpc) is 2.24. The third kappa shape index (κ3) is 1.75. The molecule has 0 amide bonds. The van der Waals surface area contributed by atoms with Crippen molar-refractivity contribution in [3.8, 4) is 0 Å². The molecular weight excluding hydrogens is 198 g/mol. The number of aliphatic imine (C=N–C) groups is 2. The molecule has 1 aliphatic rings. The second-order valence-corrected chi connectivity index (χ2v) is 2.97. The van der Waals surface area contributed by atoms with Crippen LogP contribution in [0.2, 0.25) is 0 Å². The van der Waals surface area contributed by atoms with Crippen molar-refractivity contribution in [2.45, 2.75) is 6.17 Å². The summed E-state index contributed by atoms with van der Waals surface area (Å²) in [7, 11) is 0. The van der Waals surface area contributed by atoms with Crippen LogP contribution in [0, 0.1) is 0 Å². The van der Waals surface area contributed by atoms with Gasteiger partial charge in [0.2, 0.25) is 0 Å². The summed E-state index contributed by atoms with van der Waals surface area (Å²) >= 11 is 0. The van der Waals surface area contributed by atoms with Gasteiger partial charge in [-0.1, -0.05) is 30.3 Å². The normalized spacial score (nSPS) is 20.9. The lowest BCUT2D eigenvalue weighted by Crippen LogP contribution is -2.34. The first-order chi connectivity index (χ1) is 7.18. The summed E-state index contributed by atoms with van der Waals surface area (Å²) in [5.74, 6) is 0. The van der Waals surface area contributed by atoms with E-state index >= 15 is 0 Å². The molecule has 0 fully saturated rings. The number of amidine groups is 2. The van der Waals surface area contributed by atoms with Gasteiger partial charge in [0.15, 0.2) is 6.17 Å². The van der Waals surface area contributed by atoms with Crippen LogP contribution in [-0.2, 0) is 0 Å². The van der Waals surface area contributed by atoms with Crippen LogP contribution in [0.5, 0.6) is 0 Å². The highest BCUT2D eigenvalue weighted by molar-refractivity contribution is 5.88. The van der Waals surface area contributed by atoms with Crippen LogP contribution >= 0.6 is 0 Å². The Morgan fingerprint density at radius 1 is 1.13 bits per heavy atom. The van der Waals surface area contributed by atoms with Crippen LogP contribution in [0.3, 0.4) is 0 Å². The predicted octanol–water partition coefficient (Wildman–Crippen LogP) is 1.22. The molecule has 0 aromatic heterocycles. The Balaban J connectivity index is 2.36. The van der Waals surface area contributed by atoms with Crippen LogP contribution in [0.1, 0.15) is 11.7 Å². The standard InChI is InChI=1S/C9H9N3O3/c13-8-10-7(12(15)9(14)11-8)6-4-2-1-3-5-6/h1-5,7,15H,(H2,10,11,13,14). The summed E-state index contributed by atoms with van der Waals surface area (Å²) in [5, 5.41) is 28.2. The molecule has 78 valence electrons. The maximum Gasteiger partial charge on any atom is 0.321 e. The number of nitrogens with zero attached hydrogens (tertiary/aromatic N) is 3. The molecule has 6 heteroatoms. The summed E-state index contributed by atoms with van der Waals surface area (Å²) in [6.07, 6.45) is -0.872. The van der Waals surface area contributed by atoms with Gasteiger partial charge in [-0.2, -0.15) is 5.06 Å². The number of rotatable bonds is 1. The van der Waals surface area contributed by atoms with Crippen molar-refractivity contribution >= 4 is 12.0 Å². The molecule has 1 aromatic rings. The van der Waals surface area contributed by atoms with Gasteiger partial charge >= 0.3 is 12.0 Å². The molecule has 1 unspecified atom stereocenters. The van der Waals surface area contributed by atoms with E-state index in [2.05, 4.69) is 9.98 Å². The van der Waals surface area contributed by atoms with Crippen molar-refractivity contribution in [2.75, 3.05) is 0 Å². The van der Waals surface area contributed by atoms with Gasteiger partial charge in [-0.05, 0) is 5.56 Å². The largest absolute Gasteiger partial charge is 0.479 e. The fourth-order valence-electron chi connectivity index (χ4n) is 1.28. The fraction of sp³-hybridized carbons (Fsp3) is 0.111. The maximum atomic E-state index is 9.44. The molecule has 0 aliphatic carbocycles. The molecule has 1 aliphatic heterocycles. The molecule has 0 bridgehead atoms. The summed E-state index contributed by atoms with van der Waals surface area (Å²) in [4.78, 5) is 6.88. The predicted molar refractivity (Wildman–Crippen MR) is 52.9 cm³/mol. The number of hydrogen-bond donors (Lipinski definition) is 3. The Kier molecular flexibility index (Phi) is 2.26. The zero-order valence-electron chi connectivity index (χ0n) is 7.65. The van der Waals surface area contributed by atoms with Crippen molar-refractivity contribution in [1.29, 1.82) is 0 Å². The van der Waals surface area contributed by atoms with E-state index in [4.69, 9.17) is 10.2 Å². The van der Waals surface area contributed by atoms with E-state index < -0.39 is 18.2 Å². The van der Waals surface area contributed by atoms with Crippen molar-refractivity contribution in [3.05, 3.63) is 35.9 Å². The molecule has 0 spiro atoms. The van der Waals surface area contributed by atoms with Crippen molar-refractivity contribution in [2.24, 2.45) is 9.98 Å². The van der Waals surface area contributed by atoms with Gasteiger partial charge < -0.3 is 10.2 Å². The fourth-order valence-corrected chi connectivity index (χ4v) is 1.28. The van der Waals surface area contributed by atoms with Crippen LogP contribution in [-0.4, -0.2) is 32.5 Å². The van der Waals surface area contributed by atoms with E-state index in [1.54, 1.807) is 24.3 Å². The molecule has 0 saturated heterocycles. The first-order valence-corrected chi connectivity index (χ1v) is 4.26. The molecule has 1 atom stereocenters. The summed E-state index contributed by atoms with van der Waals surface area (Å²) in [5.41, 5.74) is 0.632. The third-order valence-corrected chi connectivity index (χ3v) is 1.97. The summed E-state index contributed by atoms with van der Waals surface area (Å²) < 4.78 is 0. The van der Waals surface area contributed by atoms with E-state index in [1.165, 1.54) is 0 Å². The second-order valence-electron chi connectivity index (χ2n) is 2.97. The highest BCUT2D eigenvalue weighted by Crippen LogP contribution is 2.22. The molecule has 1 heterocycles. The highest BCUT2D eigenvalue weighted by Gasteiger charge is 2.26. The number of aliphatic hydroxyl groups excluding tert-OH is 2. The number of benzene rings is 1. The SMILES string of the molecule is OC1=NC(c2ccccc2)N(O)C(O)=N1. The van der Waals surface area contributed by atoms with E-state index in [0.717, 1.165) is 0 Å². The first-order valence-electron chi connectivity index (χ1n) is 4.26. The molecule has 6 nitrogen and oxygen atoms in total. The van der Waals surface area contributed by atoms with Crippen LogP contribution in [0.25, 0.3) is 0 Å². The zero-order valence-corrected chi connectivity index (χ0v) is 7.65. The van der Waals surface area contributed by atoms with Crippen molar-refractivity contribution in [3.63, 3.8) is 0 Å². The number of hydrogen-bond acceptors (Lipinski definition) is 4. The Hall–Kier alpha value is -2.08. The topological polar surface area (TPSA) is 88.7 Å². The second kappa shape index (κ2) is 3.58. The molecule has 3 N–H and O–H groups in total. The molecule has 1 aromatic carbocycles. The Morgan fingerprint density at radius 2 is 1.80 bits per heavy atom. The number of aliphatic hydroxyl groups is 2. The van der Waals surface area contributed by atoms with Gasteiger partial charge in [-0.3, -0.25) is 5.21 Å². The van der Waals surface area contributed by atoms with Gasteiger partial charge in [0.05, 0.1) is 0 Å². The van der Waals surface area contributed by atoms with Crippen LogP contribution in [0.15, 0.2) is 40.3 Å². The lowest BCUT2D eigenvalue weighted by atomic mass is 10.2. The van der Waals surface area contributed by atoms with E-state index in [1.807, 2.05) is 6.07 Å². The molecular formula is C9H9N3O3. The van der Waals surface area contributed by atoms with Crippen molar-refractivity contribution in [1.82, 2.24) is 5.06 Å².